The molecule has 0 aromatic heterocycles. The van der Waals surface area contributed by atoms with Crippen LogP contribution in [-0.2, 0) is 4.79 Å². The van der Waals surface area contributed by atoms with E-state index < -0.39 is 12.1 Å². The Labute approximate surface area is 95.4 Å². The molecular formula is C10H10BrNO3. The normalized spacial score (nSPS) is 23.6. The lowest BCUT2D eigenvalue weighted by Crippen LogP contribution is -2.44. The summed E-state index contributed by atoms with van der Waals surface area (Å²) in [7, 11) is 0. The highest BCUT2D eigenvalue weighted by Gasteiger charge is 2.32. The molecule has 2 atom stereocenters. The summed E-state index contributed by atoms with van der Waals surface area (Å²) in [5.74, 6) is -0.403. The third kappa shape index (κ3) is 1.79. The van der Waals surface area contributed by atoms with Gasteiger partial charge in [-0.25, -0.2) is 4.79 Å². The van der Waals surface area contributed by atoms with Crippen LogP contribution in [-0.4, -0.2) is 23.2 Å². The summed E-state index contributed by atoms with van der Waals surface area (Å²) in [6.45, 7) is 1.78. The highest BCUT2D eigenvalue weighted by Crippen LogP contribution is 2.37. The van der Waals surface area contributed by atoms with E-state index in [1.54, 1.807) is 6.92 Å². The number of ether oxygens (including phenoxy) is 1. The van der Waals surface area contributed by atoms with Crippen LogP contribution >= 0.6 is 15.9 Å². The van der Waals surface area contributed by atoms with Crippen LogP contribution in [0.5, 0.6) is 5.75 Å². The van der Waals surface area contributed by atoms with Crippen molar-refractivity contribution >= 4 is 27.6 Å². The van der Waals surface area contributed by atoms with Gasteiger partial charge in [-0.15, -0.1) is 0 Å². The summed E-state index contributed by atoms with van der Waals surface area (Å²) in [5, 5.41) is 12.0. The smallest absolute Gasteiger partial charge is 0.347 e. The number of anilines is 1. The van der Waals surface area contributed by atoms with Gasteiger partial charge in [0.15, 0.2) is 5.75 Å². The molecule has 0 fully saturated rings. The maximum Gasteiger partial charge on any atom is 0.347 e. The Hall–Kier alpha value is -1.23. The molecule has 1 heterocycles. The zero-order chi connectivity index (χ0) is 11.0. The molecule has 0 saturated carbocycles. The molecule has 80 valence electrons. The first-order valence-electron chi connectivity index (χ1n) is 4.54. The lowest BCUT2D eigenvalue weighted by molar-refractivity contribution is -0.145. The van der Waals surface area contributed by atoms with Crippen molar-refractivity contribution in [3.63, 3.8) is 0 Å². The lowest BCUT2D eigenvalue weighted by Gasteiger charge is -2.30. The first-order valence-corrected chi connectivity index (χ1v) is 5.33. The van der Waals surface area contributed by atoms with Gasteiger partial charge in [0, 0.05) is 0 Å². The molecule has 2 rings (SSSR count). The summed E-state index contributed by atoms with van der Waals surface area (Å²) in [6.07, 6.45) is -0.851. The number of fused-ring (bicyclic) bond motifs is 1. The molecule has 0 saturated heterocycles. The third-order valence-electron chi connectivity index (χ3n) is 2.29. The van der Waals surface area contributed by atoms with E-state index in [0.29, 0.717) is 5.75 Å². The summed E-state index contributed by atoms with van der Waals surface area (Å²) < 4.78 is 6.18. The Bertz CT molecular complexity index is 408. The van der Waals surface area contributed by atoms with Gasteiger partial charge in [-0.1, -0.05) is 6.07 Å². The van der Waals surface area contributed by atoms with E-state index in [1.165, 1.54) is 0 Å². The SMILES string of the molecule is CC1Nc2cccc(Br)c2OC1C(=O)O. The average Bonchev–Trinajstić information content (AvgIpc) is 2.16. The minimum absolute atomic E-state index is 0.246. The number of hydrogen-bond donors (Lipinski definition) is 2. The van der Waals surface area contributed by atoms with E-state index in [9.17, 15) is 4.79 Å². The van der Waals surface area contributed by atoms with E-state index in [4.69, 9.17) is 9.84 Å². The van der Waals surface area contributed by atoms with Crippen molar-refractivity contribution in [2.24, 2.45) is 0 Å². The summed E-state index contributed by atoms with van der Waals surface area (Å²) in [6, 6.07) is 5.29. The number of carboxylic acids is 1. The number of benzene rings is 1. The topological polar surface area (TPSA) is 58.6 Å². The van der Waals surface area contributed by atoms with Gasteiger partial charge in [0.1, 0.15) is 0 Å². The quantitative estimate of drug-likeness (QED) is 0.821. The van der Waals surface area contributed by atoms with Gasteiger partial charge >= 0.3 is 5.97 Å². The Kier molecular flexibility index (Phi) is 2.56. The molecular weight excluding hydrogens is 262 g/mol. The van der Waals surface area contributed by atoms with Crippen LogP contribution in [0.4, 0.5) is 5.69 Å². The first kappa shape index (κ1) is 10.3. The molecule has 1 aromatic carbocycles. The van der Waals surface area contributed by atoms with Crippen molar-refractivity contribution in [1.29, 1.82) is 0 Å². The van der Waals surface area contributed by atoms with Gasteiger partial charge in [0.05, 0.1) is 16.2 Å². The van der Waals surface area contributed by atoms with Gasteiger partial charge in [0.25, 0.3) is 0 Å². The average molecular weight is 272 g/mol. The van der Waals surface area contributed by atoms with Crippen LogP contribution in [0, 0.1) is 0 Å². The fourth-order valence-corrected chi connectivity index (χ4v) is 2.02. The van der Waals surface area contributed by atoms with Crippen LogP contribution in [0.2, 0.25) is 0 Å². The van der Waals surface area contributed by atoms with Crippen LogP contribution in [0.25, 0.3) is 0 Å². The monoisotopic (exact) mass is 271 g/mol. The second-order valence-corrected chi connectivity index (χ2v) is 4.28. The molecule has 0 bridgehead atoms. The van der Waals surface area contributed by atoms with Crippen LogP contribution in [0.15, 0.2) is 22.7 Å². The van der Waals surface area contributed by atoms with Crippen molar-refractivity contribution < 1.29 is 14.6 Å². The lowest BCUT2D eigenvalue weighted by atomic mass is 10.1. The fraction of sp³-hybridized carbons (Fsp3) is 0.300. The number of carboxylic acid groups (broad SMARTS) is 1. The van der Waals surface area contributed by atoms with Crippen LogP contribution < -0.4 is 10.1 Å². The summed E-state index contributed by atoms with van der Waals surface area (Å²) >= 11 is 3.32. The maximum atomic E-state index is 10.9. The molecule has 0 aliphatic carbocycles. The largest absolute Gasteiger partial charge is 0.478 e. The predicted octanol–water partition coefficient (Wildman–Crippen LogP) is 2.10. The first-order chi connectivity index (χ1) is 7.09. The van der Waals surface area contributed by atoms with Crippen molar-refractivity contribution in [2.75, 3.05) is 5.32 Å². The van der Waals surface area contributed by atoms with Crippen molar-refractivity contribution in [1.82, 2.24) is 0 Å². The Morgan fingerprint density at radius 1 is 1.60 bits per heavy atom. The minimum Gasteiger partial charge on any atom is -0.478 e. The van der Waals surface area contributed by atoms with E-state index in [1.807, 2.05) is 18.2 Å². The van der Waals surface area contributed by atoms with Gasteiger partial charge in [0.2, 0.25) is 6.10 Å². The second kappa shape index (κ2) is 3.73. The Morgan fingerprint density at radius 2 is 2.33 bits per heavy atom. The molecule has 5 heteroatoms. The van der Waals surface area contributed by atoms with E-state index >= 15 is 0 Å². The van der Waals surface area contributed by atoms with Gasteiger partial charge in [-0.3, -0.25) is 0 Å². The number of hydrogen-bond acceptors (Lipinski definition) is 3. The molecule has 4 nitrogen and oxygen atoms in total. The molecule has 1 aliphatic rings. The van der Waals surface area contributed by atoms with Gasteiger partial charge in [-0.05, 0) is 35.0 Å². The molecule has 0 spiro atoms. The zero-order valence-corrected chi connectivity index (χ0v) is 9.61. The minimum atomic E-state index is -0.962. The van der Waals surface area contributed by atoms with Gasteiger partial charge in [-0.2, -0.15) is 0 Å². The standard InChI is InChI=1S/C10H10BrNO3/c1-5-8(10(13)14)15-9-6(11)3-2-4-7(9)12-5/h2-5,8,12H,1H3,(H,13,14). The number of nitrogens with one attached hydrogen (secondary N) is 1. The predicted molar refractivity (Wildman–Crippen MR) is 59.3 cm³/mol. The summed E-state index contributed by atoms with van der Waals surface area (Å²) in [4.78, 5) is 10.9. The fourth-order valence-electron chi connectivity index (χ4n) is 1.56. The maximum absolute atomic E-state index is 10.9. The zero-order valence-electron chi connectivity index (χ0n) is 8.03. The molecule has 0 radical (unpaired) electrons. The number of halogens is 1. The Morgan fingerprint density at radius 3 is 3.00 bits per heavy atom. The number of para-hydroxylation sites is 1. The highest BCUT2D eigenvalue weighted by atomic mass is 79.9. The summed E-state index contributed by atoms with van der Waals surface area (Å²) in [5.41, 5.74) is 0.814. The Balaban J connectivity index is 2.39. The van der Waals surface area contributed by atoms with E-state index in [2.05, 4.69) is 21.2 Å². The highest BCUT2D eigenvalue weighted by molar-refractivity contribution is 9.10. The molecule has 1 aromatic rings. The van der Waals surface area contributed by atoms with Crippen molar-refractivity contribution in [2.45, 2.75) is 19.1 Å². The van der Waals surface area contributed by atoms with Crippen LogP contribution in [0.1, 0.15) is 6.92 Å². The van der Waals surface area contributed by atoms with E-state index in [0.717, 1.165) is 10.2 Å². The van der Waals surface area contributed by atoms with Crippen molar-refractivity contribution in [3.05, 3.63) is 22.7 Å². The molecule has 0 amide bonds. The van der Waals surface area contributed by atoms with Gasteiger partial charge < -0.3 is 15.2 Å². The number of carbonyl (C=O) groups is 1. The second-order valence-electron chi connectivity index (χ2n) is 3.43. The molecule has 2 N–H and O–H groups in total. The van der Waals surface area contributed by atoms with Crippen molar-refractivity contribution in [3.8, 4) is 5.75 Å². The number of aliphatic carboxylic acids is 1. The molecule has 2 unspecified atom stereocenters. The van der Waals surface area contributed by atoms with Crippen LogP contribution in [0.3, 0.4) is 0 Å². The molecule has 15 heavy (non-hydrogen) atoms. The third-order valence-corrected chi connectivity index (χ3v) is 2.92. The molecule has 1 aliphatic heterocycles. The number of rotatable bonds is 1. The van der Waals surface area contributed by atoms with E-state index in [-0.39, 0.29) is 6.04 Å².